The smallest absolute Gasteiger partial charge is 0.263 e. The SMILES string of the molecule is CCC[C@H](c1nc2ncc(Br)cc2c(=O)n1CCC)N1CCC[C@@H](C)C1. The molecule has 142 valence electrons. The van der Waals surface area contributed by atoms with Gasteiger partial charge in [-0.1, -0.05) is 27.2 Å². The maximum Gasteiger partial charge on any atom is 0.263 e. The summed E-state index contributed by atoms with van der Waals surface area (Å²) in [6, 6.07) is 2.03. The van der Waals surface area contributed by atoms with Crippen LogP contribution in [0.5, 0.6) is 0 Å². The van der Waals surface area contributed by atoms with Crippen LogP contribution in [0.15, 0.2) is 21.5 Å². The van der Waals surface area contributed by atoms with Crippen LogP contribution < -0.4 is 5.56 Å². The molecule has 0 N–H and O–H groups in total. The number of rotatable bonds is 6. The predicted molar refractivity (Wildman–Crippen MR) is 109 cm³/mol. The summed E-state index contributed by atoms with van der Waals surface area (Å²) in [7, 11) is 0. The lowest BCUT2D eigenvalue weighted by Crippen LogP contribution is -2.40. The Labute approximate surface area is 164 Å². The highest BCUT2D eigenvalue weighted by molar-refractivity contribution is 9.10. The summed E-state index contributed by atoms with van der Waals surface area (Å²) >= 11 is 3.42. The van der Waals surface area contributed by atoms with Gasteiger partial charge in [0.25, 0.3) is 5.56 Å². The molecule has 3 heterocycles. The molecule has 0 amide bonds. The number of hydrogen-bond donors (Lipinski definition) is 0. The lowest BCUT2D eigenvalue weighted by molar-refractivity contribution is 0.114. The van der Waals surface area contributed by atoms with Crippen molar-refractivity contribution in [3.63, 3.8) is 0 Å². The van der Waals surface area contributed by atoms with Gasteiger partial charge in [-0.15, -0.1) is 0 Å². The molecule has 0 aliphatic carbocycles. The number of hydrogen-bond acceptors (Lipinski definition) is 4. The number of halogens is 1. The van der Waals surface area contributed by atoms with Crippen molar-refractivity contribution in [2.75, 3.05) is 13.1 Å². The van der Waals surface area contributed by atoms with Crippen LogP contribution >= 0.6 is 15.9 Å². The van der Waals surface area contributed by atoms with Crippen molar-refractivity contribution in [1.29, 1.82) is 0 Å². The van der Waals surface area contributed by atoms with E-state index < -0.39 is 0 Å². The summed E-state index contributed by atoms with van der Waals surface area (Å²) in [5.41, 5.74) is 0.596. The van der Waals surface area contributed by atoms with E-state index in [9.17, 15) is 4.79 Å². The van der Waals surface area contributed by atoms with E-state index in [2.05, 4.69) is 46.6 Å². The van der Waals surface area contributed by atoms with Crippen LogP contribution in [0, 0.1) is 5.92 Å². The van der Waals surface area contributed by atoms with Crippen LogP contribution in [0.4, 0.5) is 0 Å². The first-order valence-corrected chi connectivity index (χ1v) is 10.6. The number of nitrogens with zero attached hydrogens (tertiary/aromatic N) is 4. The van der Waals surface area contributed by atoms with Crippen LogP contribution in [0.2, 0.25) is 0 Å². The monoisotopic (exact) mass is 420 g/mol. The van der Waals surface area contributed by atoms with E-state index in [1.54, 1.807) is 6.20 Å². The molecule has 1 aliphatic rings. The Morgan fingerprint density at radius 1 is 1.35 bits per heavy atom. The quantitative estimate of drug-likeness (QED) is 0.688. The highest BCUT2D eigenvalue weighted by Gasteiger charge is 2.28. The largest absolute Gasteiger partial charge is 0.295 e. The molecule has 2 aromatic rings. The molecule has 0 spiro atoms. The zero-order valence-corrected chi connectivity index (χ0v) is 17.6. The van der Waals surface area contributed by atoms with Gasteiger partial charge < -0.3 is 0 Å². The Kier molecular flexibility index (Phi) is 6.46. The summed E-state index contributed by atoms with van der Waals surface area (Å²) in [4.78, 5) is 25.0. The fraction of sp³-hybridized carbons (Fsp3) is 0.650. The molecule has 2 aromatic heterocycles. The van der Waals surface area contributed by atoms with E-state index >= 15 is 0 Å². The molecule has 5 nitrogen and oxygen atoms in total. The second-order valence-corrected chi connectivity index (χ2v) is 8.41. The van der Waals surface area contributed by atoms with Gasteiger partial charge in [-0.3, -0.25) is 14.3 Å². The van der Waals surface area contributed by atoms with Gasteiger partial charge in [0.1, 0.15) is 5.82 Å². The summed E-state index contributed by atoms with van der Waals surface area (Å²) in [6.07, 6.45) is 7.24. The molecule has 0 unspecified atom stereocenters. The van der Waals surface area contributed by atoms with Gasteiger partial charge in [0.05, 0.1) is 11.4 Å². The normalized spacial score (nSPS) is 19.8. The molecule has 26 heavy (non-hydrogen) atoms. The fourth-order valence-electron chi connectivity index (χ4n) is 4.05. The van der Waals surface area contributed by atoms with Gasteiger partial charge in [0.2, 0.25) is 0 Å². The van der Waals surface area contributed by atoms with Crippen molar-refractivity contribution >= 4 is 27.0 Å². The van der Waals surface area contributed by atoms with Crippen LogP contribution in [-0.4, -0.2) is 32.5 Å². The second-order valence-electron chi connectivity index (χ2n) is 7.50. The van der Waals surface area contributed by atoms with Gasteiger partial charge >= 0.3 is 0 Å². The first-order chi connectivity index (χ1) is 12.5. The molecule has 3 rings (SSSR count). The van der Waals surface area contributed by atoms with Gasteiger partial charge in [-0.05, 0) is 60.1 Å². The third kappa shape index (κ3) is 4.01. The van der Waals surface area contributed by atoms with Gasteiger partial charge in [0, 0.05) is 23.8 Å². The van der Waals surface area contributed by atoms with Crippen LogP contribution in [0.3, 0.4) is 0 Å². The molecule has 0 aromatic carbocycles. The highest BCUT2D eigenvalue weighted by Crippen LogP contribution is 2.30. The van der Waals surface area contributed by atoms with Crippen LogP contribution in [-0.2, 0) is 6.54 Å². The maximum atomic E-state index is 13.2. The standard InChI is InChI=1S/C20H29BrN4O/c1-4-7-17(24-10-6-8-14(3)13-24)19-23-18-16(11-15(21)12-22-18)20(26)25(19)9-5-2/h11-12,14,17H,4-10,13H2,1-3H3/t14-,17-/m1/s1. The van der Waals surface area contributed by atoms with E-state index in [4.69, 9.17) is 4.98 Å². The Balaban J connectivity index is 2.14. The Morgan fingerprint density at radius 2 is 2.15 bits per heavy atom. The van der Waals surface area contributed by atoms with E-state index in [1.165, 1.54) is 12.8 Å². The minimum Gasteiger partial charge on any atom is -0.295 e. The van der Waals surface area contributed by atoms with Crippen molar-refractivity contribution in [3.05, 3.63) is 32.9 Å². The third-order valence-electron chi connectivity index (χ3n) is 5.24. The van der Waals surface area contributed by atoms with Crippen molar-refractivity contribution in [3.8, 4) is 0 Å². The van der Waals surface area contributed by atoms with Gasteiger partial charge in [-0.2, -0.15) is 0 Å². The summed E-state index contributed by atoms with van der Waals surface area (Å²) < 4.78 is 2.71. The molecular formula is C20H29BrN4O. The number of pyridine rings is 1. The summed E-state index contributed by atoms with van der Waals surface area (Å²) in [6.45, 7) is 9.51. The molecule has 0 saturated carbocycles. The summed E-state index contributed by atoms with van der Waals surface area (Å²) in [5, 5.41) is 0.596. The Bertz CT molecular complexity index is 819. The molecule has 0 bridgehead atoms. The van der Waals surface area contributed by atoms with Crippen LogP contribution in [0.25, 0.3) is 11.0 Å². The molecule has 1 saturated heterocycles. The minimum atomic E-state index is 0.0341. The number of aromatic nitrogens is 3. The topological polar surface area (TPSA) is 51.0 Å². The average molecular weight is 421 g/mol. The van der Waals surface area contributed by atoms with Crippen molar-refractivity contribution in [2.24, 2.45) is 5.92 Å². The lowest BCUT2D eigenvalue weighted by Gasteiger charge is -2.37. The highest BCUT2D eigenvalue weighted by atomic mass is 79.9. The van der Waals surface area contributed by atoms with E-state index in [-0.39, 0.29) is 11.6 Å². The van der Waals surface area contributed by atoms with E-state index in [1.807, 2.05) is 10.6 Å². The molecule has 6 heteroatoms. The zero-order valence-electron chi connectivity index (χ0n) is 16.0. The number of fused-ring (bicyclic) bond motifs is 1. The second kappa shape index (κ2) is 8.61. The Hall–Kier alpha value is -1.27. The third-order valence-corrected chi connectivity index (χ3v) is 5.68. The van der Waals surface area contributed by atoms with Crippen molar-refractivity contribution < 1.29 is 0 Å². The molecular weight excluding hydrogens is 392 g/mol. The summed E-state index contributed by atoms with van der Waals surface area (Å²) in [5.74, 6) is 1.60. The first-order valence-electron chi connectivity index (χ1n) is 9.85. The average Bonchev–Trinajstić information content (AvgIpc) is 2.63. The molecule has 0 radical (unpaired) electrons. The maximum absolute atomic E-state index is 13.2. The van der Waals surface area contributed by atoms with Gasteiger partial charge in [-0.25, -0.2) is 9.97 Å². The Morgan fingerprint density at radius 3 is 2.85 bits per heavy atom. The zero-order chi connectivity index (χ0) is 18.7. The fourth-order valence-corrected chi connectivity index (χ4v) is 4.38. The van der Waals surface area contributed by atoms with Crippen molar-refractivity contribution in [2.45, 2.75) is 65.5 Å². The number of piperidine rings is 1. The molecule has 1 fully saturated rings. The number of likely N-dealkylation sites (tertiary alicyclic amines) is 1. The van der Waals surface area contributed by atoms with E-state index in [0.29, 0.717) is 23.5 Å². The van der Waals surface area contributed by atoms with Gasteiger partial charge in [0.15, 0.2) is 5.65 Å². The van der Waals surface area contributed by atoms with E-state index in [0.717, 1.165) is 42.6 Å². The van der Waals surface area contributed by atoms with Crippen LogP contribution in [0.1, 0.15) is 64.7 Å². The molecule has 1 aliphatic heterocycles. The minimum absolute atomic E-state index is 0.0341. The molecule has 2 atom stereocenters. The van der Waals surface area contributed by atoms with Crippen molar-refractivity contribution in [1.82, 2.24) is 19.4 Å². The first kappa shape index (κ1) is 19.5. The predicted octanol–water partition coefficient (Wildman–Crippen LogP) is 4.54. The lowest BCUT2D eigenvalue weighted by atomic mass is 9.97.